The van der Waals surface area contributed by atoms with E-state index in [1.165, 1.54) is 6.07 Å². The van der Waals surface area contributed by atoms with Crippen molar-refractivity contribution in [3.05, 3.63) is 42.1 Å². The fraction of sp³-hybridized carbons (Fsp3) is 0.357. The van der Waals surface area contributed by atoms with E-state index in [-0.39, 0.29) is 5.69 Å². The van der Waals surface area contributed by atoms with E-state index in [4.69, 9.17) is 5.73 Å². The average molecular weight is 284 g/mol. The Morgan fingerprint density at radius 1 is 1.20 bits per heavy atom. The second-order valence-corrected chi connectivity index (χ2v) is 4.88. The van der Waals surface area contributed by atoms with Gasteiger partial charge in [-0.2, -0.15) is 13.2 Å². The number of aromatic nitrogens is 1. The monoisotopic (exact) mass is 284 g/mol. The first-order chi connectivity index (χ1) is 9.24. The predicted molar refractivity (Wildman–Crippen MR) is 70.1 cm³/mol. The summed E-state index contributed by atoms with van der Waals surface area (Å²) in [7, 11) is 0. The number of hydrogen-bond donors (Lipinski definition) is 2. The van der Waals surface area contributed by atoms with E-state index < -0.39 is 24.2 Å². The van der Waals surface area contributed by atoms with Gasteiger partial charge in [-0.05, 0) is 19.1 Å². The molecule has 0 aliphatic heterocycles. The molecule has 2 unspecified atom stereocenters. The SMILES string of the molecule is CC(N)C(O)(Cc1ccc2ccccc2n1)C(F)(F)F. The summed E-state index contributed by atoms with van der Waals surface area (Å²) < 4.78 is 39.0. The maximum absolute atomic E-state index is 13.0. The van der Waals surface area contributed by atoms with Gasteiger partial charge in [0.2, 0.25) is 0 Å². The van der Waals surface area contributed by atoms with Crippen LogP contribution in [0.2, 0.25) is 0 Å². The van der Waals surface area contributed by atoms with Crippen molar-refractivity contribution in [3.8, 4) is 0 Å². The third kappa shape index (κ3) is 2.62. The van der Waals surface area contributed by atoms with E-state index in [9.17, 15) is 18.3 Å². The Bertz CT molecular complexity index is 613. The molecular weight excluding hydrogens is 269 g/mol. The molecule has 0 saturated heterocycles. The zero-order valence-electron chi connectivity index (χ0n) is 10.9. The second-order valence-electron chi connectivity index (χ2n) is 4.88. The van der Waals surface area contributed by atoms with Gasteiger partial charge < -0.3 is 10.8 Å². The van der Waals surface area contributed by atoms with Crippen molar-refractivity contribution in [2.45, 2.75) is 31.2 Å². The van der Waals surface area contributed by atoms with Gasteiger partial charge in [-0.1, -0.05) is 24.3 Å². The summed E-state index contributed by atoms with van der Waals surface area (Å²) in [5, 5.41) is 10.7. The highest BCUT2D eigenvalue weighted by Gasteiger charge is 2.56. The molecule has 3 N–H and O–H groups in total. The van der Waals surface area contributed by atoms with Gasteiger partial charge in [0.25, 0.3) is 0 Å². The van der Waals surface area contributed by atoms with E-state index in [1.807, 2.05) is 12.1 Å². The van der Waals surface area contributed by atoms with E-state index in [1.54, 1.807) is 18.2 Å². The number of benzene rings is 1. The van der Waals surface area contributed by atoms with E-state index in [2.05, 4.69) is 4.98 Å². The maximum atomic E-state index is 13.0. The minimum atomic E-state index is -4.81. The highest BCUT2D eigenvalue weighted by Crippen LogP contribution is 2.35. The standard InChI is InChI=1S/C14H15F3N2O/c1-9(18)13(20,14(15,16)17)8-11-7-6-10-4-2-3-5-12(10)19-11/h2-7,9,20H,8,18H2,1H3. The molecule has 3 nitrogen and oxygen atoms in total. The summed E-state index contributed by atoms with van der Waals surface area (Å²) >= 11 is 0. The van der Waals surface area contributed by atoms with Crippen LogP contribution in [0.25, 0.3) is 10.9 Å². The lowest BCUT2D eigenvalue weighted by atomic mass is 9.89. The fourth-order valence-electron chi connectivity index (χ4n) is 2.00. The number of aliphatic hydroxyl groups is 1. The molecule has 0 aliphatic carbocycles. The van der Waals surface area contributed by atoms with Crippen LogP contribution in [0.5, 0.6) is 0 Å². The van der Waals surface area contributed by atoms with Crippen molar-refractivity contribution in [3.63, 3.8) is 0 Å². The third-order valence-corrected chi connectivity index (χ3v) is 3.35. The molecule has 0 bridgehead atoms. The van der Waals surface area contributed by atoms with E-state index in [0.29, 0.717) is 5.52 Å². The van der Waals surface area contributed by atoms with Gasteiger partial charge in [0.1, 0.15) is 0 Å². The second kappa shape index (κ2) is 5.03. The minimum absolute atomic E-state index is 0.154. The van der Waals surface area contributed by atoms with Crippen LogP contribution in [0.1, 0.15) is 12.6 Å². The minimum Gasteiger partial charge on any atom is -0.379 e. The average Bonchev–Trinajstić information content (AvgIpc) is 2.37. The Kier molecular flexibility index (Phi) is 3.71. The lowest BCUT2D eigenvalue weighted by Crippen LogP contribution is -2.58. The molecule has 0 fully saturated rings. The van der Waals surface area contributed by atoms with Gasteiger partial charge in [0.15, 0.2) is 5.60 Å². The number of nitrogens with zero attached hydrogens (tertiary/aromatic N) is 1. The zero-order valence-corrected chi connectivity index (χ0v) is 10.9. The summed E-state index contributed by atoms with van der Waals surface area (Å²) in [6, 6.07) is 8.79. The Morgan fingerprint density at radius 2 is 1.85 bits per heavy atom. The lowest BCUT2D eigenvalue weighted by Gasteiger charge is -2.33. The van der Waals surface area contributed by atoms with E-state index >= 15 is 0 Å². The molecule has 6 heteroatoms. The fourth-order valence-corrected chi connectivity index (χ4v) is 2.00. The first-order valence-corrected chi connectivity index (χ1v) is 6.13. The van der Waals surface area contributed by atoms with Crippen LogP contribution in [0, 0.1) is 0 Å². The van der Waals surface area contributed by atoms with Crippen LogP contribution >= 0.6 is 0 Å². The van der Waals surface area contributed by atoms with Gasteiger partial charge in [0.05, 0.1) is 5.52 Å². The van der Waals surface area contributed by atoms with Crippen LogP contribution in [0.4, 0.5) is 13.2 Å². The number of para-hydroxylation sites is 1. The first-order valence-electron chi connectivity index (χ1n) is 6.13. The zero-order chi connectivity index (χ0) is 15.0. The summed E-state index contributed by atoms with van der Waals surface area (Å²) in [6.07, 6.45) is -5.48. The molecule has 0 spiro atoms. The first kappa shape index (κ1) is 14.7. The Hall–Kier alpha value is -1.66. The quantitative estimate of drug-likeness (QED) is 0.910. The molecule has 108 valence electrons. The number of fused-ring (bicyclic) bond motifs is 1. The molecule has 1 aromatic heterocycles. The molecule has 0 amide bonds. The summed E-state index contributed by atoms with van der Waals surface area (Å²) in [5.74, 6) is 0. The Balaban J connectivity index is 2.39. The number of rotatable bonds is 3. The van der Waals surface area contributed by atoms with Crippen LogP contribution < -0.4 is 5.73 Å². The molecule has 0 radical (unpaired) electrons. The van der Waals surface area contributed by atoms with Crippen molar-refractivity contribution >= 4 is 10.9 Å². The highest BCUT2D eigenvalue weighted by atomic mass is 19.4. The van der Waals surface area contributed by atoms with Crippen LogP contribution in [-0.4, -0.2) is 27.9 Å². The van der Waals surface area contributed by atoms with Crippen molar-refractivity contribution < 1.29 is 18.3 Å². The van der Waals surface area contributed by atoms with Crippen molar-refractivity contribution in [2.75, 3.05) is 0 Å². The Labute approximate surface area is 114 Å². The number of pyridine rings is 1. The maximum Gasteiger partial charge on any atom is 0.419 e. The Morgan fingerprint density at radius 3 is 2.45 bits per heavy atom. The number of halogens is 3. The van der Waals surface area contributed by atoms with Crippen molar-refractivity contribution in [2.24, 2.45) is 5.73 Å². The molecular formula is C14H15F3N2O. The van der Waals surface area contributed by atoms with E-state index in [0.717, 1.165) is 12.3 Å². The number of hydrogen-bond acceptors (Lipinski definition) is 3. The summed E-state index contributed by atoms with van der Waals surface area (Å²) in [6.45, 7) is 1.13. The van der Waals surface area contributed by atoms with Gasteiger partial charge in [-0.15, -0.1) is 0 Å². The van der Waals surface area contributed by atoms with Gasteiger partial charge in [-0.3, -0.25) is 4.98 Å². The number of alkyl halides is 3. The molecule has 20 heavy (non-hydrogen) atoms. The van der Waals surface area contributed by atoms with Gasteiger partial charge >= 0.3 is 6.18 Å². The van der Waals surface area contributed by atoms with Crippen molar-refractivity contribution in [1.82, 2.24) is 4.98 Å². The molecule has 0 saturated carbocycles. The summed E-state index contributed by atoms with van der Waals surface area (Å²) in [4.78, 5) is 4.14. The molecule has 1 aromatic carbocycles. The topological polar surface area (TPSA) is 59.1 Å². The smallest absolute Gasteiger partial charge is 0.379 e. The van der Waals surface area contributed by atoms with Crippen LogP contribution in [0.3, 0.4) is 0 Å². The van der Waals surface area contributed by atoms with Crippen molar-refractivity contribution in [1.29, 1.82) is 0 Å². The van der Waals surface area contributed by atoms with Gasteiger partial charge in [-0.25, -0.2) is 0 Å². The largest absolute Gasteiger partial charge is 0.419 e. The molecule has 1 heterocycles. The third-order valence-electron chi connectivity index (χ3n) is 3.35. The van der Waals surface area contributed by atoms with Gasteiger partial charge in [0, 0.05) is 23.5 Å². The predicted octanol–water partition coefficient (Wildman–Crippen LogP) is 2.42. The normalized spacial score (nSPS) is 16.9. The molecule has 2 atom stereocenters. The molecule has 2 rings (SSSR count). The van der Waals surface area contributed by atoms with Crippen LogP contribution in [-0.2, 0) is 6.42 Å². The number of nitrogens with two attached hydrogens (primary N) is 1. The molecule has 0 aliphatic rings. The summed E-state index contributed by atoms with van der Waals surface area (Å²) in [5.41, 5.74) is 3.07. The lowest BCUT2D eigenvalue weighted by molar-refractivity contribution is -0.265. The highest BCUT2D eigenvalue weighted by molar-refractivity contribution is 5.78. The molecule has 2 aromatic rings. The van der Waals surface area contributed by atoms with Crippen LogP contribution in [0.15, 0.2) is 36.4 Å².